The third kappa shape index (κ3) is 3.66. The minimum atomic E-state index is -0.341. The summed E-state index contributed by atoms with van der Waals surface area (Å²) in [6, 6.07) is 5.10. The van der Waals surface area contributed by atoms with Crippen molar-refractivity contribution in [2.45, 2.75) is 6.54 Å². The van der Waals surface area contributed by atoms with Crippen LogP contribution >= 0.6 is 38.9 Å². The van der Waals surface area contributed by atoms with Crippen LogP contribution in [0, 0.1) is 0 Å². The van der Waals surface area contributed by atoms with Crippen molar-refractivity contribution >= 4 is 50.6 Å². The van der Waals surface area contributed by atoms with E-state index in [0.717, 1.165) is 9.35 Å². The number of amides is 1. The van der Waals surface area contributed by atoms with Gasteiger partial charge in [-0.25, -0.2) is 10.8 Å². The molecule has 0 radical (unpaired) electrons. The van der Waals surface area contributed by atoms with Crippen LogP contribution in [-0.4, -0.2) is 10.9 Å². The van der Waals surface area contributed by atoms with Crippen molar-refractivity contribution in [1.82, 2.24) is 10.3 Å². The molecule has 0 fully saturated rings. The van der Waals surface area contributed by atoms with Crippen LogP contribution < -0.4 is 16.6 Å². The molecule has 0 aliphatic rings. The highest BCUT2D eigenvalue weighted by atomic mass is 79.9. The van der Waals surface area contributed by atoms with E-state index in [9.17, 15) is 4.79 Å². The summed E-state index contributed by atoms with van der Waals surface area (Å²) in [7, 11) is 0. The predicted molar refractivity (Wildman–Crippen MR) is 80.2 cm³/mol. The molecule has 8 heteroatoms. The van der Waals surface area contributed by atoms with Gasteiger partial charge in [-0.15, -0.1) is 11.3 Å². The summed E-state index contributed by atoms with van der Waals surface area (Å²) in [5.41, 5.74) is 2.52. The van der Waals surface area contributed by atoms with Gasteiger partial charge in [-0.05, 0) is 34.1 Å². The van der Waals surface area contributed by atoms with Gasteiger partial charge in [0.15, 0.2) is 0 Å². The molecule has 2 aromatic heterocycles. The van der Waals surface area contributed by atoms with Crippen LogP contribution in [0.2, 0.25) is 5.02 Å². The van der Waals surface area contributed by atoms with Crippen LogP contribution in [0.3, 0.4) is 0 Å². The topological polar surface area (TPSA) is 80.0 Å². The molecule has 0 bridgehead atoms. The van der Waals surface area contributed by atoms with Crippen molar-refractivity contribution < 1.29 is 4.79 Å². The molecule has 0 saturated heterocycles. The molecule has 0 spiro atoms. The molecule has 0 aliphatic heterocycles. The van der Waals surface area contributed by atoms with Crippen molar-refractivity contribution in [3.8, 4) is 0 Å². The molecule has 19 heavy (non-hydrogen) atoms. The van der Waals surface area contributed by atoms with Crippen molar-refractivity contribution in [3.05, 3.63) is 43.6 Å². The number of rotatable bonds is 4. The molecule has 2 aromatic rings. The average molecular weight is 362 g/mol. The number of nitrogens with two attached hydrogens (primary N) is 1. The Hall–Kier alpha value is -1.15. The van der Waals surface area contributed by atoms with Gasteiger partial charge < -0.3 is 10.7 Å². The predicted octanol–water partition coefficient (Wildman–Crippen LogP) is 2.77. The summed E-state index contributed by atoms with van der Waals surface area (Å²) in [5, 5.41) is 4.99. The number of nitrogen functional groups attached to an aromatic ring is 1. The number of anilines is 1. The number of hydrazine groups is 1. The van der Waals surface area contributed by atoms with Gasteiger partial charge in [0.25, 0.3) is 5.91 Å². The third-order valence-electron chi connectivity index (χ3n) is 2.25. The van der Waals surface area contributed by atoms with Crippen LogP contribution in [0.1, 0.15) is 15.4 Å². The smallest absolute Gasteiger partial charge is 0.271 e. The molecule has 2 heterocycles. The van der Waals surface area contributed by atoms with Crippen LogP contribution in [0.5, 0.6) is 0 Å². The van der Waals surface area contributed by atoms with E-state index in [-0.39, 0.29) is 16.6 Å². The molecule has 0 atom stereocenters. The largest absolute Gasteiger partial charge is 0.346 e. The SMILES string of the molecule is NNc1ccc(Cl)c(C(=O)NCc2cc(Br)cs2)n1. The first kappa shape index (κ1) is 14.3. The normalized spacial score (nSPS) is 10.3. The molecule has 0 aromatic carbocycles. The number of pyridine rings is 1. The fraction of sp³-hybridized carbons (Fsp3) is 0.0909. The van der Waals surface area contributed by atoms with Gasteiger partial charge in [-0.3, -0.25) is 4.79 Å². The Balaban J connectivity index is 2.07. The number of carbonyl (C=O) groups excluding carboxylic acids is 1. The number of aromatic nitrogens is 1. The number of halogens is 2. The van der Waals surface area contributed by atoms with Crippen LogP contribution in [0.4, 0.5) is 5.82 Å². The molecule has 1 amide bonds. The number of hydrogen-bond acceptors (Lipinski definition) is 5. The number of nitrogens with one attached hydrogen (secondary N) is 2. The van der Waals surface area contributed by atoms with Gasteiger partial charge in [-0.2, -0.15) is 0 Å². The summed E-state index contributed by atoms with van der Waals surface area (Å²) >= 11 is 10.8. The Labute approximate surface area is 127 Å². The van der Waals surface area contributed by atoms with E-state index in [4.69, 9.17) is 17.4 Å². The fourth-order valence-electron chi connectivity index (χ4n) is 1.38. The number of thiophene rings is 1. The Morgan fingerprint density at radius 2 is 2.32 bits per heavy atom. The molecule has 100 valence electrons. The summed E-state index contributed by atoms with van der Waals surface area (Å²) in [5.74, 6) is 5.29. The maximum atomic E-state index is 12.0. The van der Waals surface area contributed by atoms with E-state index < -0.39 is 0 Å². The van der Waals surface area contributed by atoms with Crippen LogP contribution in [0.15, 0.2) is 28.1 Å². The summed E-state index contributed by atoms with van der Waals surface area (Å²) in [6.45, 7) is 0.424. The first-order chi connectivity index (χ1) is 9.10. The minimum Gasteiger partial charge on any atom is -0.346 e. The zero-order valence-corrected chi connectivity index (χ0v) is 12.8. The van der Waals surface area contributed by atoms with Gasteiger partial charge >= 0.3 is 0 Å². The zero-order valence-electron chi connectivity index (χ0n) is 9.61. The summed E-state index contributed by atoms with van der Waals surface area (Å²) in [4.78, 5) is 17.0. The lowest BCUT2D eigenvalue weighted by Gasteiger charge is -2.06. The molecule has 0 saturated carbocycles. The second kappa shape index (κ2) is 6.33. The van der Waals surface area contributed by atoms with E-state index in [0.29, 0.717) is 12.4 Å². The minimum absolute atomic E-state index is 0.146. The second-order valence-corrected chi connectivity index (χ2v) is 5.90. The van der Waals surface area contributed by atoms with E-state index in [1.165, 1.54) is 0 Å². The van der Waals surface area contributed by atoms with E-state index in [2.05, 4.69) is 31.7 Å². The second-order valence-electron chi connectivity index (χ2n) is 3.59. The van der Waals surface area contributed by atoms with Crippen molar-refractivity contribution in [1.29, 1.82) is 0 Å². The Kier molecular flexibility index (Phi) is 4.76. The quantitative estimate of drug-likeness (QED) is 0.578. The zero-order chi connectivity index (χ0) is 13.8. The molecular weight excluding hydrogens is 352 g/mol. The molecule has 4 N–H and O–H groups in total. The van der Waals surface area contributed by atoms with Gasteiger partial charge in [0, 0.05) is 14.7 Å². The average Bonchev–Trinajstić information content (AvgIpc) is 2.82. The molecule has 2 rings (SSSR count). The van der Waals surface area contributed by atoms with E-state index in [1.54, 1.807) is 23.5 Å². The van der Waals surface area contributed by atoms with Crippen molar-refractivity contribution in [3.63, 3.8) is 0 Å². The van der Waals surface area contributed by atoms with Crippen molar-refractivity contribution in [2.75, 3.05) is 5.43 Å². The summed E-state index contributed by atoms with van der Waals surface area (Å²) in [6.07, 6.45) is 0. The van der Waals surface area contributed by atoms with Gasteiger partial charge in [0.1, 0.15) is 11.5 Å². The number of carbonyl (C=O) groups is 1. The monoisotopic (exact) mass is 360 g/mol. The Morgan fingerprint density at radius 3 is 2.95 bits per heavy atom. The number of hydrogen-bond donors (Lipinski definition) is 3. The van der Waals surface area contributed by atoms with E-state index >= 15 is 0 Å². The fourth-order valence-corrected chi connectivity index (χ4v) is 2.96. The van der Waals surface area contributed by atoms with E-state index in [1.807, 2.05) is 11.4 Å². The first-order valence-electron chi connectivity index (χ1n) is 5.24. The maximum absolute atomic E-state index is 12.0. The molecular formula is C11H10BrClN4OS. The highest BCUT2D eigenvalue weighted by Gasteiger charge is 2.13. The molecule has 0 aliphatic carbocycles. The lowest BCUT2D eigenvalue weighted by Crippen LogP contribution is -2.24. The van der Waals surface area contributed by atoms with Crippen LogP contribution in [-0.2, 0) is 6.54 Å². The van der Waals surface area contributed by atoms with Gasteiger partial charge in [0.2, 0.25) is 0 Å². The lowest BCUT2D eigenvalue weighted by molar-refractivity contribution is 0.0946. The Bertz CT molecular complexity index is 604. The highest BCUT2D eigenvalue weighted by molar-refractivity contribution is 9.10. The Morgan fingerprint density at radius 1 is 1.53 bits per heavy atom. The first-order valence-corrected chi connectivity index (χ1v) is 7.29. The summed E-state index contributed by atoms with van der Waals surface area (Å²) < 4.78 is 0.993. The maximum Gasteiger partial charge on any atom is 0.271 e. The number of nitrogens with zero attached hydrogens (tertiary/aromatic N) is 1. The molecule has 5 nitrogen and oxygen atoms in total. The standard InChI is InChI=1S/C11H10BrClN4OS/c12-6-3-7(19-5-6)4-15-11(18)10-8(13)1-2-9(16-10)17-14/h1-3,5H,4,14H2,(H,15,18)(H,16,17). The van der Waals surface area contributed by atoms with Crippen molar-refractivity contribution in [2.24, 2.45) is 5.84 Å². The highest BCUT2D eigenvalue weighted by Crippen LogP contribution is 2.20. The molecule has 0 unspecified atom stereocenters. The van der Waals surface area contributed by atoms with Gasteiger partial charge in [0.05, 0.1) is 11.6 Å². The third-order valence-corrected chi connectivity index (χ3v) is 4.26. The lowest BCUT2D eigenvalue weighted by atomic mass is 10.3. The van der Waals surface area contributed by atoms with Gasteiger partial charge in [-0.1, -0.05) is 11.6 Å². The van der Waals surface area contributed by atoms with Crippen LogP contribution in [0.25, 0.3) is 0 Å².